The Kier molecular flexibility index (Phi) is 4.22. The van der Waals surface area contributed by atoms with Gasteiger partial charge in [0.1, 0.15) is 0 Å². The van der Waals surface area contributed by atoms with Crippen LogP contribution in [0, 0.1) is 0 Å². The molecular weight excluding hydrogens is 330 g/mol. The molecule has 0 unspecified atom stereocenters. The summed E-state index contributed by atoms with van der Waals surface area (Å²) in [7, 11) is 0. The minimum Gasteiger partial charge on any atom is -0.369 e. The number of carbonyl (C=O) groups is 1. The summed E-state index contributed by atoms with van der Waals surface area (Å²) in [5.41, 5.74) is 8.26. The number of nitrogen functional groups attached to an aromatic ring is 1. The lowest BCUT2D eigenvalue weighted by Gasteiger charge is -2.39. The molecule has 7 nitrogen and oxygen atoms in total. The van der Waals surface area contributed by atoms with Crippen LogP contribution in [-0.4, -0.2) is 38.8 Å². The van der Waals surface area contributed by atoms with Crippen LogP contribution in [0.3, 0.4) is 0 Å². The van der Waals surface area contributed by atoms with Crippen molar-refractivity contribution >= 4 is 11.9 Å². The molecule has 2 aromatic heterocycles. The molecule has 0 radical (unpaired) electrons. The van der Waals surface area contributed by atoms with Crippen LogP contribution >= 0.6 is 0 Å². The maximum absolute atomic E-state index is 12.5. The molecule has 3 N–H and O–H groups in total. The van der Waals surface area contributed by atoms with Gasteiger partial charge in [-0.15, -0.1) is 0 Å². The van der Waals surface area contributed by atoms with Crippen LogP contribution in [0.2, 0.25) is 0 Å². The molecule has 2 aliphatic rings. The number of anilines is 1. The van der Waals surface area contributed by atoms with Gasteiger partial charge >= 0.3 is 0 Å². The van der Waals surface area contributed by atoms with E-state index in [-0.39, 0.29) is 22.8 Å². The fraction of sp³-hybridized carbons (Fsp3) is 0.474. The van der Waals surface area contributed by atoms with E-state index in [2.05, 4.69) is 15.0 Å². The Morgan fingerprint density at radius 2 is 2.12 bits per heavy atom. The lowest BCUT2D eigenvalue weighted by Crippen LogP contribution is -2.45. The molecule has 2 aromatic rings. The average Bonchev–Trinajstić information content (AvgIpc) is 3.00. The second kappa shape index (κ2) is 6.55. The lowest BCUT2D eigenvalue weighted by atomic mass is 9.76. The molecule has 1 fully saturated rings. The quantitative estimate of drug-likeness (QED) is 0.862. The monoisotopic (exact) mass is 353 g/mol. The van der Waals surface area contributed by atoms with Gasteiger partial charge in [0, 0.05) is 42.9 Å². The van der Waals surface area contributed by atoms with E-state index >= 15 is 0 Å². The third-order valence-corrected chi connectivity index (χ3v) is 5.81. The number of carbonyl (C=O) groups excluding carboxylic acids is 1. The topological polar surface area (TPSA) is 105 Å². The van der Waals surface area contributed by atoms with E-state index in [1.807, 2.05) is 23.2 Å². The van der Waals surface area contributed by atoms with Gasteiger partial charge < -0.3 is 10.6 Å². The van der Waals surface area contributed by atoms with E-state index in [0.717, 1.165) is 42.5 Å². The Morgan fingerprint density at radius 1 is 1.31 bits per heavy atom. The standard InChI is InChI=1S/C19H23N5O2/c20-18-22-16-14(17(26)23-18)5-6-19(16)7-10-24(11-8-19)15(25)4-3-13-2-1-9-21-12-13/h1-2,9,12H,3-8,10-11H2,(H3,20,22,23,26). The predicted octanol–water partition coefficient (Wildman–Crippen LogP) is 1.19. The fourth-order valence-electron chi connectivity index (χ4n) is 4.29. The molecule has 1 aliphatic carbocycles. The van der Waals surface area contributed by atoms with Crippen LogP contribution in [0.15, 0.2) is 29.3 Å². The minimum atomic E-state index is -0.112. The van der Waals surface area contributed by atoms with Crippen molar-refractivity contribution in [3.63, 3.8) is 0 Å². The maximum Gasteiger partial charge on any atom is 0.255 e. The van der Waals surface area contributed by atoms with E-state index in [0.29, 0.717) is 25.9 Å². The minimum absolute atomic E-state index is 0.0994. The number of likely N-dealkylation sites (tertiary alicyclic amines) is 1. The molecule has 0 atom stereocenters. The van der Waals surface area contributed by atoms with E-state index in [9.17, 15) is 9.59 Å². The number of fused-ring (bicyclic) bond motifs is 2. The first-order chi connectivity index (χ1) is 12.6. The molecule has 26 heavy (non-hydrogen) atoms. The van der Waals surface area contributed by atoms with E-state index in [1.54, 1.807) is 6.20 Å². The zero-order valence-corrected chi connectivity index (χ0v) is 14.7. The summed E-state index contributed by atoms with van der Waals surface area (Å²) in [6.07, 6.45) is 8.10. The highest BCUT2D eigenvalue weighted by Gasteiger charge is 2.44. The van der Waals surface area contributed by atoms with Gasteiger partial charge in [-0.05, 0) is 43.7 Å². The number of pyridine rings is 1. The highest BCUT2D eigenvalue weighted by Crippen LogP contribution is 2.44. The maximum atomic E-state index is 12.5. The summed E-state index contributed by atoms with van der Waals surface area (Å²) in [4.78, 5) is 37.7. The van der Waals surface area contributed by atoms with Crippen molar-refractivity contribution in [2.24, 2.45) is 0 Å². The van der Waals surface area contributed by atoms with Crippen LogP contribution in [0.5, 0.6) is 0 Å². The second-order valence-corrected chi connectivity index (χ2v) is 7.30. The Bertz CT molecular complexity index is 869. The normalized spacial score (nSPS) is 18.1. The van der Waals surface area contributed by atoms with Crippen molar-refractivity contribution in [1.29, 1.82) is 0 Å². The molecule has 1 amide bonds. The molecule has 1 aliphatic heterocycles. The molecule has 1 spiro atoms. The summed E-state index contributed by atoms with van der Waals surface area (Å²) in [5.74, 6) is 0.366. The zero-order valence-electron chi connectivity index (χ0n) is 14.7. The number of H-pyrrole nitrogens is 1. The molecule has 136 valence electrons. The molecule has 4 rings (SSSR count). The SMILES string of the molecule is Nc1nc2c(c(=O)[nH]1)CCC21CCN(C(=O)CCc2cccnc2)CC1. The van der Waals surface area contributed by atoms with Crippen LogP contribution in [0.1, 0.15) is 42.5 Å². The predicted molar refractivity (Wildman–Crippen MR) is 97.6 cm³/mol. The Morgan fingerprint density at radius 3 is 2.85 bits per heavy atom. The summed E-state index contributed by atoms with van der Waals surface area (Å²) < 4.78 is 0. The Hall–Kier alpha value is -2.70. The van der Waals surface area contributed by atoms with Crippen LogP contribution in [0.4, 0.5) is 5.95 Å². The van der Waals surface area contributed by atoms with Crippen molar-refractivity contribution in [3.8, 4) is 0 Å². The van der Waals surface area contributed by atoms with Gasteiger partial charge in [-0.1, -0.05) is 6.07 Å². The summed E-state index contributed by atoms with van der Waals surface area (Å²) in [6.45, 7) is 1.42. The number of aryl methyl sites for hydroxylation is 1. The number of aromatic amines is 1. The molecular formula is C19H23N5O2. The number of nitrogens with zero attached hydrogens (tertiary/aromatic N) is 3. The van der Waals surface area contributed by atoms with E-state index in [4.69, 9.17) is 5.73 Å². The molecule has 0 saturated carbocycles. The second-order valence-electron chi connectivity index (χ2n) is 7.30. The van der Waals surface area contributed by atoms with Crippen molar-refractivity contribution in [2.45, 2.75) is 43.9 Å². The molecule has 0 aromatic carbocycles. The van der Waals surface area contributed by atoms with Crippen molar-refractivity contribution in [3.05, 3.63) is 51.7 Å². The highest BCUT2D eigenvalue weighted by molar-refractivity contribution is 5.76. The number of piperidine rings is 1. The number of amides is 1. The Balaban J connectivity index is 1.41. The molecule has 3 heterocycles. The third kappa shape index (κ3) is 2.98. The fourth-order valence-corrected chi connectivity index (χ4v) is 4.29. The summed E-state index contributed by atoms with van der Waals surface area (Å²) in [6, 6.07) is 3.89. The van der Waals surface area contributed by atoms with Crippen molar-refractivity contribution in [2.75, 3.05) is 18.8 Å². The van der Waals surface area contributed by atoms with Gasteiger partial charge in [0.05, 0.1) is 5.69 Å². The van der Waals surface area contributed by atoms with Crippen LogP contribution in [0.25, 0.3) is 0 Å². The number of aromatic nitrogens is 3. The number of rotatable bonds is 3. The lowest BCUT2D eigenvalue weighted by molar-refractivity contribution is -0.132. The zero-order chi connectivity index (χ0) is 18.1. The largest absolute Gasteiger partial charge is 0.369 e. The van der Waals surface area contributed by atoms with Gasteiger partial charge in [0.25, 0.3) is 5.56 Å². The van der Waals surface area contributed by atoms with Gasteiger partial charge in [-0.25, -0.2) is 4.98 Å². The van der Waals surface area contributed by atoms with E-state index < -0.39 is 0 Å². The van der Waals surface area contributed by atoms with Crippen LogP contribution < -0.4 is 11.3 Å². The van der Waals surface area contributed by atoms with Gasteiger partial charge in [-0.2, -0.15) is 0 Å². The Labute approximate surface area is 151 Å². The number of nitrogens with two attached hydrogens (primary N) is 1. The van der Waals surface area contributed by atoms with E-state index in [1.165, 1.54) is 0 Å². The van der Waals surface area contributed by atoms with Gasteiger partial charge in [-0.3, -0.25) is 19.6 Å². The molecule has 1 saturated heterocycles. The van der Waals surface area contributed by atoms with Crippen molar-refractivity contribution < 1.29 is 4.79 Å². The molecule has 7 heteroatoms. The summed E-state index contributed by atoms with van der Waals surface area (Å²) >= 11 is 0. The average molecular weight is 353 g/mol. The smallest absolute Gasteiger partial charge is 0.255 e. The molecule has 0 bridgehead atoms. The summed E-state index contributed by atoms with van der Waals surface area (Å²) in [5, 5.41) is 0. The first-order valence-corrected chi connectivity index (χ1v) is 9.13. The van der Waals surface area contributed by atoms with Gasteiger partial charge in [0.2, 0.25) is 11.9 Å². The third-order valence-electron chi connectivity index (χ3n) is 5.81. The number of hydrogen-bond acceptors (Lipinski definition) is 5. The first kappa shape index (κ1) is 16.8. The number of nitrogens with one attached hydrogen (secondary N) is 1. The first-order valence-electron chi connectivity index (χ1n) is 9.13. The number of hydrogen-bond donors (Lipinski definition) is 2. The van der Waals surface area contributed by atoms with Gasteiger partial charge in [0.15, 0.2) is 0 Å². The highest BCUT2D eigenvalue weighted by atomic mass is 16.2. The van der Waals surface area contributed by atoms with Crippen LogP contribution in [-0.2, 0) is 23.1 Å². The van der Waals surface area contributed by atoms with Crippen molar-refractivity contribution in [1.82, 2.24) is 19.9 Å².